The van der Waals surface area contributed by atoms with Crippen molar-refractivity contribution in [2.75, 3.05) is 13.1 Å². The van der Waals surface area contributed by atoms with Gasteiger partial charge in [-0.15, -0.1) is 0 Å². The van der Waals surface area contributed by atoms with E-state index in [0.29, 0.717) is 6.54 Å². The van der Waals surface area contributed by atoms with Crippen LogP contribution in [0.4, 0.5) is 0 Å². The van der Waals surface area contributed by atoms with Crippen LogP contribution in [-0.2, 0) is 10.2 Å². The molecule has 8 heteroatoms. The van der Waals surface area contributed by atoms with Crippen molar-refractivity contribution >= 4 is 16.0 Å². The Morgan fingerprint density at radius 1 is 1.40 bits per heavy atom. The van der Waals surface area contributed by atoms with E-state index in [1.165, 1.54) is 4.31 Å². The zero-order chi connectivity index (χ0) is 14.8. The predicted octanol–water partition coefficient (Wildman–Crippen LogP) is 0.707. The van der Waals surface area contributed by atoms with E-state index in [2.05, 4.69) is 5.16 Å². The van der Waals surface area contributed by atoms with E-state index in [0.717, 1.165) is 32.1 Å². The maximum Gasteiger partial charge on any atom is 0.282 e. The summed E-state index contributed by atoms with van der Waals surface area (Å²) in [6, 6.07) is 0.138. The van der Waals surface area contributed by atoms with E-state index < -0.39 is 10.2 Å². The Bertz CT molecular complexity index is 461. The summed E-state index contributed by atoms with van der Waals surface area (Å²) in [7, 11) is -3.44. The molecule has 2 fully saturated rings. The Kier molecular flexibility index (Phi) is 4.87. The topological polar surface area (TPSA) is 99.2 Å². The van der Waals surface area contributed by atoms with Gasteiger partial charge >= 0.3 is 0 Å². The number of piperidine rings is 1. The highest BCUT2D eigenvalue weighted by Crippen LogP contribution is 2.32. The molecule has 1 saturated heterocycles. The van der Waals surface area contributed by atoms with Gasteiger partial charge in [-0.25, -0.2) is 0 Å². The van der Waals surface area contributed by atoms with Crippen LogP contribution in [0.25, 0.3) is 0 Å². The van der Waals surface area contributed by atoms with Gasteiger partial charge in [-0.1, -0.05) is 11.6 Å². The second-order valence-corrected chi connectivity index (χ2v) is 7.48. The van der Waals surface area contributed by atoms with Crippen molar-refractivity contribution in [2.24, 2.45) is 10.9 Å². The van der Waals surface area contributed by atoms with Crippen molar-refractivity contribution in [1.82, 2.24) is 8.61 Å². The molecule has 0 aromatic heterocycles. The van der Waals surface area contributed by atoms with Gasteiger partial charge in [0.25, 0.3) is 10.2 Å². The zero-order valence-corrected chi connectivity index (χ0v) is 12.7. The quantitative estimate of drug-likeness (QED) is 0.327. The highest BCUT2D eigenvalue weighted by Gasteiger charge is 2.42. The largest absolute Gasteiger partial charge is 0.409 e. The molecule has 0 aromatic carbocycles. The maximum atomic E-state index is 12.8. The van der Waals surface area contributed by atoms with Crippen molar-refractivity contribution < 1.29 is 13.6 Å². The molecule has 0 spiro atoms. The molecule has 2 aliphatic rings. The van der Waals surface area contributed by atoms with Gasteiger partial charge in [0.05, 0.1) is 0 Å². The maximum absolute atomic E-state index is 12.8. The van der Waals surface area contributed by atoms with Crippen molar-refractivity contribution in [3.8, 4) is 0 Å². The van der Waals surface area contributed by atoms with Crippen LogP contribution >= 0.6 is 0 Å². The molecule has 20 heavy (non-hydrogen) atoms. The van der Waals surface area contributed by atoms with E-state index in [-0.39, 0.29) is 30.9 Å². The summed E-state index contributed by atoms with van der Waals surface area (Å²) < 4.78 is 28.7. The van der Waals surface area contributed by atoms with Crippen LogP contribution in [0.5, 0.6) is 0 Å². The standard InChI is InChI=1S/C12H24N4O3S/c1-10-4-2-3-8-15(10)20(18,19)16(11-5-6-11)9-7-12(13)14-17/h10-11,17H,2-9H2,1H3,(H2,13,14). The number of hydrogen-bond acceptors (Lipinski definition) is 4. The predicted molar refractivity (Wildman–Crippen MR) is 76.7 cm³/mol. The Morgan fingerprint density at radius 2 is 2.10 bits per heavy atom. The number of rotatable bonds is 6. The number of nitrogens with zero attached hydrogens (tertiary/aromatic N) is 3. The fourth-order valence-electron chi connectivity index (χ4n) is 2.67. The lowest BCUT2D eigenvalue weighted by molar-refractivity contribution is 0.242. The summed E-state index contributed by atoms with van der Waals surface area (Å²) in [5.41, 5.74) is 5.46. The summed E-state index contributed by atoms with van der Waals surface area (Å²) in [5, 5.41) is 11.5. The fourth-order valence-corrected chi connectivity index (χ4v) is 4.77. The zero-order valence-electron chi connectivity index (χ0n) is 11.9. The molecule has 116 valence electrons. The van der Waals surface area contributed by atoms with Crippen LogP contribution in [0, 0.1) is 0 Å². The van der Waals surface area contributed by atoms with Crippen LogP contribution in [-0.4, -0.2) is 53.2 Å². The average Bonchev–Trinajstić information content (AvgIpc) is 3.23. The van der Waals surface area contributed by atoms with Crippen molar-refractivity contribution in [3.63, 3.8) is 0 Å². The minimum absolute atomic E-state index is 0.0545. The van der Waals surface area contributed by atoms with E-state index in [1.807, 2.05) is 6.92 Å². The van der Waals surface area contributed by atoms with Crippen LogP contribution in [0.2, 0.25) is 0 Å². The third-order valence-electron chi connectivity index (χ3n) is 4.01. The Labute approximate surface area is 120 Å². The van der Waals surface area contributed by atoms with E-state index in [9.17, 15) is 8.42 Å². The van der Waals surface area contributed by atoms with E-state index in [1.54, 1.807) is 4.31 Å². The number of nitrogens with two attached hydrogens (primary N) is 1. The molecule has 0 aromatic rings. The van der Waals surface area contributed by atoms with Gasteiger partial charge < -0.3 is 10.9 Å². The van der Waals surface area contributed by atoms with Gasteiger partial charge in [-0.05, 0) is 32.6 Å². The third-order valence-corrected chi connectivity index (χ3v) is 6.21. The van der Waals surface area contributed by atoms with Gasteiger partial charge in [0, 0.05) is 31.6 Å². The van der Waals surface area contributed by atoms with Gasteiger partial charge in [0.1, 0.15) is 5.84 Å². The van der Waals surface area contributed by atoms with E-state index in [4.69, 9.17) is 10.9 Å². The minimum Gasteiger partial charge on any atom is -0.409 e. The first kappa shape index (κ1) is 15.5. The molecule has 2 rings (SSSR count). The summed E-state index contributed by atoms with van der Waals surface area (Å²) in [6.07, 6.45) is 4.98. The lowest BCUT2D eigenvalue weighted by atomic mass is 10.1. The van der Waals surface area contributed by atoms with Gasteiger partial charge in [0.15, 0.2) is 0 Å². The molecule has 0 amide bonds. The summed E-state index contributed by atoms with van der Waals surface area (Å²) in [4.78, 5) is 0. The van der Waals surface area contributed by atoms with Crippen molar-refractivity contribution in [2.45, 2.75) is 57.5 Å². The lowest BCUT2D eigenvalue weighted by Gasteiger charge is -2.36. The molecule has 0 bridgehead atoms. The molecule has 3 N–H and O–H groups in total. The molecule has 1 saturated carbocycles. The van der Waals surface area contributed by atoms with Crippen LogP contribution in [0.15, 0.2) is 5.16 Å². The summed E-state index contributed by atoms with van der Waals surface area (Å²) >= 11 is 0. The summed E-state index contributed by atoms with van der Waals surface area (Å²) in [6.45, 7) is 2.84. The number of oxime groups is 1. The monoisotopic (exact) mass is 304 g/mol. The minimum atomic E-state index is -3.44. The van der Waals surface area contributed by atoms with Crippen LogP contribution < -0.4 is 5.73 Å². The molecule has 1 heterocycles. The number of hydrogen-bond donors (Lipinski definition) is 2. The molecule has 1 aliphatic heterocycles. The Balaban J connectivity index is 2.10. The first-order valence-electron chi connectivity index (χ1n) is 7.22. The molecule has 1 aliphatic carbocycles. The Hall–Kier alpha value is -0.860. The first-order chi connectivity index (χ1) is 9.46. The molecular formula is C12H24N4O3S. The van der Waals surface area contributed by atoms with E-state index >= 15 is 0 Å². The SMILES string of the molecule is CC1CCCCN1S(=O)(=O)N(CCC(N)=NO)C1CC1. The highest BCUT2D eigenvalue weighted by molar-refractivity contribution is 7.86. The second-order valence-electron chi connectivity index (χ2n) is 5.65. The molecule has 1 unspecified atom stereocenters. The normalized spacial score (nSPS) is 26.1. The lowest BCUT2D eigenvalue weighted by Crippen LogP contribution is -2.51. The fraction of sp³-hybridized carbons (Fsp3) is 0.917. The third kappa shape index (κ3) is 3.42. The van der Waals surface area contributed by atoms with Crippen LogP contribution in [0.3, 0.4) is 0 Å². The van der Waals surface area contributed by atoms with Gasteiger partial charge in [-0.2, -0.15) is 17.0 Å². The molecular weight excluding hydrogens is 280 g/mol. The van der Waals surface area contributed by atoms with Crippen LogP contribution in [0.1, 0.15) is 45.4 Å². The molecule has 1 atom stereocenters. The molecule has 7 nitrogen and oxygen atoms in total. The number of amidine groups is 1. The summed E-state index contributed by atoms with van der Waals surface area (Å²) in [5.74, 6) is 0.0672. The smallest absolute Gasteiger partial charge is 0.282 e. The first-order valence-corrected chi connectivity index (χ1v) is 8.61. The molecule has 0 radical (unpaired) electrons. The van der Waals surface area contributed by atoms with Gasteiger partial charge in [-0.3, -0.25) is 0 Å². The van der Waals surface area contributed by atoms with Gasteiger partial charge in [0.2, 0.25) is 0 Å². The second kappa shape index (κ2) is 6.28. The average molecular weight is 304 g/mol. The van der Waals surface area contributed by atoms with Crippen molar-refractivity contribution in [3.05, 3.63) is 0 Å². The van der Waals surface area contributed by atoms with Crippen molar-refractivity contribution in [1.29, 1.82) is 0 Å². The highest BCUT2D eigenvalue weighted by atomic mass is 32.2. The Morgan fingerprint density at radius 3 is 2.65 bits per heavy atom.